The summed E-state index contributed by atoms with van der Waals surface area (Å²) >= 11 is 0. The fourth-order valence-electron chi connectivity index (χ4n) is 1.48. The summed E-state index contributed by atoms with van der Waals surface area (Å²) in [6.45, 7) is 5.97. The van der Waals surface area contributed by atoms with Gasteiger partial charge in [-0.2, -0.15) is 0 Å². The van der Waals surface area contributed by atoms with Gasteiger partial charge in [0.05, 0.1) is 0 Å². The van der Waals surface area contributed by atoms with Crippen LogP contribution >= 0.6 is 0 Å². The average molecular weight is 235 g/mol. The van der Waals surface area contributed by atoms with E-state index in [1.54, 1.807) is 0 Å². The Kier molecular flexibility index (Phi) is 5.16. The first-order valence-corrected chi connectivity index (χ1v) is 6.09. The van der Waals surface area contributed by atoms with Crippen molar-refractivity contribution in [1.82, 2.24) is 5.32 Å². The fraction of sp³-hybridized carbons (Fsp3) is 0.500. The van der Waals surface area contributed by atoms with Crippen LogP contribution in [0.5, 0.6) is 0 Å². The molecule has 0 heterocycles. The SMILES string of the molecule is CCc1ccc(C(=O)NC(C)C(C)CO)cc1. The zero-order valence-electron chi connectivity index (χ0n) is 10.7. The van der Waals surface area contributed by atoms with E-state index in [2.05, 4.69) is 12.2 Å². The number of nitrogens with one attached hydrogen (secondary N) is 1. The molecule has 17 heavy (non-hydrogen) atoms. The third kappa shape index (κ3) is 3.86. The number of aliphatic hydroxyl groups excluding tert-OH is 1. The molecule has 1 aromatic rings. The highest BCUT2D eigenvalue weighted by Gasteiger charge is 2.14. The lowest BCUT2D eigenvalue weighted by Gasteiger charge is -2.19. The van der Waals surface area contributed by atoms with Gasteiger partial charge in [-0.1, -0.05) is 26.0 Å². The Bertz CT molecular complexity index is 359. The van der Waals surface area contributed by atoms with Crippen LogP contribution in [0, 0.1) is 5.92 Å². The number of carbonyl (C=O) groups is 1. The molecule has 94 valence electrons. The number of rotatable bonds is 5. The number of carbonyl (C=O) groups excluding carboxylic acids is 1. The van der Waals surface area contributed by atoms with Crippen LogP contribution in [0.25, 0.3) is 0 Å². The molecule has 0 saturated carbocycles. The maximum atomic E-state index is 11.9. The van der Waals surface area contributed by atoms with E-state index >= 15 is 0 Å². The molecule has 3 nitrogen and oxygen atoms in total. The number of hydrogen-bond donors (Lipinski definition) is 2. The van der Waals surface area contributed by atoms with Gasteiger partial charge >= 0.3 is 0 Å². The number of amides is 1. The van der Waals surface area contributed by atoms with Gasteiger partial charge in [-0.15, -0.1) is 0 Å². The predicted octanol–water partition coefficient (Wildman–Crippen LogP) is 2.00. The van der Waals surface area contributed by atoms with Gasteiger partial charge in [0.25, 0.3) is 5.91 Å². The summed E-state index contributed by atoms with van der Waals surface area (Å²) in [5.41, 5.74) is 1.89. The highest BCUT2D eigenvalue weighted by molar-refractivity contribution is 5.94. The summed E-state index contributed by atoms with van der Waals surface area (Å²) in [5.74, 6) is -0.0191. The van der Waals surface area contributed by atoms with Gasteiger partial charge in [-0.25, -0.2) is 0 Å². The number of benzene rings is 1. The minimum absolute atomic E-state index is 0.0293. The molecule has 2 unspecified atom stereocenters. The Hall–Kier alpha value is -1.35. The van der Waals surface area contributed by atoms with Gasteiger partial charge < -0.3 is 10.4 Å². The maximum absolute atomic E-state index is 11.9. The maximum Gasteiger partial charge on any atom is 0.251 e. The van der Waals surface area contributed by atoms with Gasteiger partial charge in [0, 0.05) is 18.2 Å². The highest BCUT2D eigenvalue weighted by atomic mass is 16.3. The van der Waals surface area contributed by atoms with E-state index in [1.807, 2.05) is 38.1 Å². The number of aryl methyl sites for hydroxylation is 1. The lowest BCUT2D eigenvalue weighted by atomic mass is 10.0. The molecular formula is C14H21NO2. The third-order valence-corrected chi connectivity index (χ3v) is 3.12. The van der Waals surface area contributed by atoms with E-state index < -0.39 is 0 Å². The molecule has 2 N–H and O–H groups in total. The monoisotopic (exact) mass is 235 g/mol. The molecule has 0 aliphatic rings. The van der Waals surface area contributed by atoms with E-state index in [-0.39, 0.29) is 24.5 Å². The Morgan fingerprint density at radius 3 is 2.35 bits per heavy atom. The molecule has 0 aliphatic heterocycles. The molecule has 1 aromatic carbocycles. The van der Waals surface area contributed by atoms with E-state index in [9.17, 15) is 4.79 Å². The van der Waals surface area contributed by atoms with E-state index in [0.717, 1.165) is 6.42 Å². The molecule has 0 spiro atoms. The summed E-state index contributed by atoms with van der Waals surface area (Å²) < 4.78 is 0. The Balaban J connectivity index is 2.63. The highest BCUT2D eigenvalue weighted by Crippen LogP contribution is 2.07. The standard InChI is InChI=1S/C14H21NO2/c1-4-12-5-7-13(8-6-12)14(17)15-11(3)10(2)9-16/h5-8,10-11,16H,4,9H2,1-3H3,(H,15,17). The predicted molar refractivity (Wildman–Crippen MR) is 69.0 cm³/mol. The van der Waals surface area contributed by atoms with Crippen LogP contribution in [0.15, 0.2) is 24.3 Å². The van der Waals surface area contributed by atoms with Gasteiger partial charge in [0.15, 0.2) is 0 Å². The second kappa shape index (κ2) is 6.40. The van der Waals surface area contributed by atoms with Crippen molar-refractivity contribution in [3.8, 4) is 0 Å². The van der Waals surface area contributed by atoms with Crippen molar-refractivity contribution < 1.29 is 9.90 Å². The van der Waals surface area contributed by atoms with Crippen molar-refractivity contribution >= 4 is 5.91 Å². The van der Waals surface area contributed by atoms with Crippen molar-refractivity contribution in [1.29, 1.82) is 0 Å². The van der Waals surface area contributed by atoms with E-state index in [0.29, 0.717) is 5.56 Å². The molecule has 0 bridgehead atoms. The van der Waals surface area contributed by atoms with Crippen LogP contribution in [0.4, 0.5) is 0 Å². The Morgan fingerprint density at radius 2 is 1.88 bits per heavy atom. The normalized spacial score (nSPS) is 14.1. The van der Waals surface area contributed by atoms with Crippen LogP contribution in [-0.4, -0.2) is 23.7 Å². The van der Waals surface area contributed by atoms with Crippen LogP contribution in [-0.2, 0) is 6.42 Å². The molecule has 0 saturated heterocycles. The first kappa shape index (κ1) is 13.7. The smallest absolute Gasteiger partial charge is 0.251 e. The zero-order chi connectivity index (χ0) is 12.8. The summed E-state index contributed by atoms with van der Waals surface area (Å²) in [5, 5.41) is 11.9. The van der Waals surface area contributed by atoms with Crippen LogP contribution in [0.3, 0.4) is 0 Å². The molecule has 0 aromatic heterocycles. The van der Waals surface area contributed by atoms with Crippen molar-refractivity contribution in [3.05, 3.63) is 35.4 Å². The summed E-state index contributed by atoms with van der Waals surface area (Å²) in [6.07, 6.45) is 0.972. The Morgan fingerprint density at radius 1 is 1.29 bits per heavy atom. The van der Waals surface area contributed by atoms with Crippen molar-refractivity contribution in [3.63, 3.8) is 0 Å². The first-order valence-electron chi connectivity index (χ1n) is 6.09. The number of hydrogen-bond acceptors (Lipinski definition) is 2. The van der Waals surface area contributed by atoms with Gasteiger partial charge in [0.2, 0.25) is 0 Å². The summed E-state index contributed by atoms with van der Waals surface area (Å²) in [4.78, 5) is 11.9. The largest absolute Gasteiger partial charge is 0.396 e. The molecule has 0 radical (unpaired) electrons. The van der Waals surface area contributed by atoms with Gasteiger partial charge in [-0.05, 0) is 37.0 Å². The average Bonchev–Trinajstić information content (AvgIpc) is 2.37. The number of aliphatic hydroxyl groups is 1. The fourth-order valence-corrected chi connectivity index (χ4v) is 1.48. The van der Waals surface area contributed by atoms with Crippen LogP contribution in [0.1, 0.15) is 36.7 Å². The second-order valence-electron chi connectivity index (χ2n) is 4.47. The molecule has 0 fully saturated rings. The minimum Gasteiger partial charge on any atom is -0.396 e. The molecule has 1 amide bonds. The topological polar surface area (TPSA) is 49.3 Å². The lowest BCUT2D eigenvalue weighted by Crippen LogP contribution is -2.38. The molecular weight excluding hydrogens is 214 g/mol. The summed E-state index contributed by atoms with van der Waals surface area (Å²) in [7, 11) is 0. The summed E-state index contributed by atoms with van der Waals surface area (Å²) in [6, 6.07) is 7.58. The van der Waals surface area contributed by atoms with Crippen molar-refractivity contribution in [2.24, 2.45) is 5.92 Å². The zero-order valence-corrected chi connectivity index (χ0v) is 10.7. The van der Waals surface area contributed by atoms with E-state index in [4.69, 9.17) is 5.11 Å². The second-order valence-corrected chi connectivity index (χ2v) is 4.47. The van der Waals surface area contributed by atoms with Crippen molar-refractivity contribution in [2.75, 3.05) is 6.61 Å². The molecule has 2 atom stereocenters. The molecule has 1 rings (SSSR count). The van der Waals surface area contributed by atoms with E-state index in [1.165, 1.54) is 5.56 Å². The van der Waals surface area contributed by atoms with Crippen LogP contribution < -0.4 is 5.32 Å². The third-order valence-electron chi connectivity index (χ3n) is 3.12. The van der Waals surface area contributed by atoms with Gasteiger partial charge in [-0.3, -0.25) is 4.79 Å². The van der Waals surface area contributed by atoms with Crippen LogP contribution in [0.2, 0.25) is 0 Å². The van der Waals surface area contributed by atoms with Gasteiger partial charge in [0.1, 0.15) is 0 Å². The Labute approximate surface area is 103 Å². The minimum atomic E-state index is -0.0829. The first-order chi connectivity index (χ1) is 8.08. The molecule has 3 heteroatoms. The molecule has 0 aliphatic carbocycles. The lowest BCUT2D eigenvalue weighted by molar-refractivity contribution is 0.0916. The quantitative estimate of drug-likeness (QED) is 0.820. The van der Waals surface area contributed by atoms with Crippen molar-refractivity contribution in [2.45, 2.75) is 33.2 Å².